The summed E-state index contributed by atoms with van der Waals surface area (Å²) in [5, 5.41) is 3.20. The number of hydrogen-bond acceptors (Lipinski definition) is 2. The van der Waals surface area contributed by atoms with E-state index in [4.69, 9.17) is 0 Å². The second-order valence-corrected chi connectivity index (χ2v) is 7.85. The Bertz CT molecular complexity index is 754. The first-order chi connectivity index (χ1) is 13.1. The average molecular weight is 367 g/mol. The molecule has 1 N–H and O–H groups in total. The van der Waals surface area contributed by atoms with Gasteiger partial charge in [-0.05, 0) is 63.3 Å². The number of nitrogens with one attached hydrogen (secondary N) is 1. The molecular weight excluding hydrogens is 334 g/mol. The number of carbonyl (C=O) groups is 1. The topological polar surface area (TPSA) is 42.0 Å². The number of amides is 1. The molecule has 0 aliphatic carbocycles. The Hall–Kier alpha value is -2.20. The van der Waals surface area contributed by atoms with E-state index in [1.165, 1.54) is 19.3 Å². The molecule has 2 unspecified atom stereocenters. The van der Waals surface area contributed by atoms with Gasteiger partial charge in [0, 0.05) is 18.3 Å². The van der Waals surface area contributed by atoms with Crippen LogP contribution in [0.3, 0.4) is 0 Å². The van der Waals surface area contributed by atoms with Crippen LogP contribution in [0.25, 0.3) is 0 Å². The molecule has 1 fully saturated rings. The molecule has 0 spiro atoms. The number of benzene rings is 1. The van der Waals surface area contributed by atoms with E-state index in [1.54, 1.807) is 0 Å². The lowest BCUT2D eigenvalue weighted by atomic mass is 10.0. The lowest BCUT2D eigenvalue weighted by molar-refractivity contribution is -0.948. The number of hydrogen-bond donors (Lipinski definition) is 1. The number of likely N-dealkylation sites (N-methyl/N-ethyl adjacent to an activating group) is 1. The summed E-state index contributed by atoms with van der Waals surface area (Å²) in [4.78, 5) is 17.8. The van der Waals surface area contributed by atoms with Crippen LogP contribution >= 0.6 is 0 Å². The summed E-state index contributed by atoms with van der Waals surface area (Å²) in [7, 11) is 0. The molecule has 1 aromatic heterocycles. The maximum Gasteiger partial charge on any atom is 0.279 e. The summed E-state index contributed by atoms with van der Waals surface area (Å²) in [5.41, 5.74) is 4.31. The molecule has 0 radical (unpaired) electrons. The van der Waals surface area contributed by atoms with Gasteiger partial charge in [0.25, 0.3) is 5.91 Å². The van der Waals surface area contributed by atoms with E-state index in [2.05, 4.69) is 55.3 Å². The Kier molecular flexibility index (Phi) is 6.27. The van der Waals surface area contributed by atoms with Gasteiger partial charge in [-0.15, -0.1) is 0 Å². The molecule has 1 aliphatic heterocycles. The van der Waals surface area contributed by atoms with Gasteiger partial charge >= 0.3 is 0 Å². The van der Waals surface area contributed by atoms with Crippen LogP contribution in [0.15, 0.2) is 42.6 Å². The quantitative estimate of drug-likeness (QED) is 0.773. The molecule has 1 amide bonds. The molecule has 0 bridgehead atoms. The highest BCUT2D eigenvalue weighted by Gasteiger charge is 2.40. The van der Waals surface area contributed by atoms with Crippen molar-refractivity contribution in [3.8, 4) is 0 Å². The van der Waals surface area contributed by atoms with Crippen LogP contribution in [0.1, 0.15) is 55.5 Å². The van der Waals surface area contributed by atoms with Crippen LogP contribution in [0.2, 0.25) is 0 Å². The van der Waals surface area contributed by atoms with Crippen molar-refractivity contribution in [2.24, 2.45) is 0 Å². The molecule has 4 heteroatoms. The Morgan fingerprint density at radius 2 is 1.89 bits per heavy atom. The summed E-state index contributed by atoms with van der Waals surface area (Å²) in [6.45, 7) is 8.81. The van der Waals surface area contributed by atoms with Crippen molar-refractivity contribution in [2.45, 2.75) is 52.5 Å². The number of rotatable bonds is 5. The average Bonchev–Trinajstić information content (AvgIpc) is 2.88. The zero-order valence-corrected chi connectivity index (χ0v) is 16.9. The van der Waals surface area contributed by atoms with E-state index in [9.17, 15) is 4.79 Å². The van der Waals surface area contributed by atoms with E-state index in [-0.39, 0.29) is 5.91 Å². The molecule has 27 heavy (non-hydrogen) atoms. The number of nitrogens with zero attached hydrogens (tertiary/aromatic N) is 2. The predicted molar refractivity (Wildman–Crippen MR) is 111 cm³/mol. The Morgan fingerprint density at radius 1 is 1.11 bits per heavy atom. The zero-order chi connectivity index (χ0) is 19.3. The lowest BCUT2D eigenvalue weighted by Gasteiger charge is -2.42. The minimum atomic E-state index is 0.108. The van der Waals surface area contributed by atoms with Crippen molar-refractivity contribution in [1.82, 2.24) is 4.98 Å². The fourth-order valence-electron chi connectivity index (χ4n) is 4.53. The third kappa shape index (κ3) is 4.38. The Morgan fingerprint density at radius 3 is 2.56 bits per heavy atom. The molecule has 0 saturated carbocycles. The van der Waals surface area contributed by atoms with Gasteiger partial charge in [0.05, 0.1) is 18.8 Å². The maximum atomic E-state index is 13.1. The summed E-state index contributed by atoms with van der Waals surface area (Å²) in [6, 6.07) is 12.6. The van der Waals surface area contributed by atoms with Gasteiger partial charge in [-0.1, -0.05) is 24.3 Å². The number of quaternary nitrogens is 1. The SMILES string of the molecule is CC[N+]1(CC(=O)Nc2c(C)cccc2C)CCCCCC1c1ccccn1. The van der Waals surface area contributed by atoms with E-state index >= 15 is 0 Å². The molecule has 4 nitrogen and oxygen atoms in total. The number of para-hydroxylation sites is 1. The fraction of sp³-hybridized carbons (Fsp3) is 0.478. The van der Waals surface area contributed by atoms with E-state index in [0.29, 0.717) is 12.6 Å². The molecule has 3 rings (SSSR count). The molecule has 2 aromatic rings. The third-order valence-electron chi connectivity index (χ3n) is 6.11. The first kappa shape index (κ1) is 19.6. The van der Waals surface area contributed by atoms with Gasteiger partial charge in [-0.3, -0.25) is 9.78 Å². The highest BCUT2D eigenvalue weighted by Crippen LogP contribution is 2.36. The molecule has 2 atom stereocenters. The standard InChI is InChI=1S/C23H31N3O/c1-4-26(17-22(27)25-23-18(2)11-10-12-19(23)3)16-9-5-6-14-21(26)20-13-7-8-15-24-20/h7-8,10-13,15,21H,4-6,9,14,16-17H2,1-3H3/p+1. The highest BCUT2D eigenvalue weighted by molar-refractivity contribution is 5.93. The summed E-state index contributed by atoms with van der Waals surface area (Å²) in [5.74, 6) is 0.108. The van der Waals surface area contributed by atoms with E-state index in [0.717, 1.165) is 46.5 Å². The van der Waals surface area contributed by atoms with Gasteiger partial charge in [-0.25, -0.2) is 0 Å². The Balaban J connectivity index is 1.86. The van der Waals surface area contributed by atoms with Gasteiger partial charge < -0.3 is 9.80 Å². The molecule has 1 aromatic carbocycles. The summed E-state index contributed by atoms with van der Waals surface area (Å²) >= 11 is 0. The first-order valence-electron chi connectivity index (χ1n) is 10.2. The van der Waals surface area contributed by atoms with Crippen LogP contribution in [-0.2, 0) is 4.79 Å². The monoisotopic (exact) mass is 366 g/mol. The third-order valence-corrected chi connectivity index (χ3v) is 6.11. The van der Waals surface area contributed by atoms with Gasteiger partial charge in [-0.2, -0.15) is 0 Å². The zero-order valence-electron chi connectivity index (χ0n) is 16.9. The summed E-state index contributed by atoms with van der Waals surface area (Å²) in [6.07, 6.45) is 6.60. The second-order valence-electron chi connectivity index (χ2n) is 7.85. The van der Waals surface area contributed by atoms with Crippen LogP contribution in [-0.4, -0.2) is 35.0 Å². The van der Waals surface area contributed by atoms with Gasteiger partial charge in [0.1, 0.15) is 6.04 Å². The minimum Gasteiger partial charge on any atom is -0.321 e. The fourth-order valence-corrected chi connectivity index (χ4v) is 4.53. The predicted octanol–water partition coefficient (Wildman–Crippen LogP) is 4.79. The lowest BCUT2D eigenvalue weighted by Crippen LogP contribution is -2.54. The van der Waals surface area contributed by atoms with Crippen molar-refractivity contribution >= 4 is 11.6 Å². The molecule has 1 aliphatic rings. The molecule has 2 heterocycles. The smallest absolute Gasteiger partial charge is 0.279 e. The van der Waals surface area contributed by atoms with Crippen LogP contribution in [0, 0.1) is 13.8 Å². The van der Waals surface area contributed by atoms with Crippen LogP contribution < -0.4 is 5.32 Å². The second kappa shape index (κ2) is 8.66. The molecule has 1 saturated heterocycles. The largest absolute Gasteiger partial charge is 0.321 e. The minimum absolute atomic E-state index is 0.108. The van der Waals surface area contributed by atoms with Crippen LogP contribution in [0.5, 0.6) is 0 Å². The van der Waals surface area contributed by atoms with E-state index in [1.807, 2.05) is 18.3 Å². The van der Waals surface area contributed by atoms with E-state index < -0.39 is 0 Å². The van der Waals surface area contributed by atoms with Gasteiger partial charge in [0.15, 0.2) is 6.54 Å². The number of aromatic nitrogens is 1. The number of likely N-dealkylation sites (tertiary alicyclic amines) is 1. The number of aryl methyl sites for hydroxylation is 2. The molecule has 144 valence electrons. The Labute approximate surface area is 163 Å². The van der Waals surface area contributed by atoms with Crippen molar-refractivity contribution in [2.75, 3.05) is 25.0 Å². The number of carbonyl (C=O) groups excluding carboxylic acids is 1. The van der Waals surface area contributed by atoms with Crippen molar-refractivity contribution in [3.63, 3.8) is 0 Å². The summed E-state index contributed by atoms with van der Waals surface area (Å²) < 4.78 is 0.799. The van der Waals surface area contributed by atoms with Crippen LogP contribution in [0.4, 0.5) is 5.69 Å². The van der Waals surface area contributed by atoms with Crippen molar-refractivity contribution < 1.29 is 9.28 Å². The first-order valence-corrected chi connectivity index (χ1v) is 10.2. The van der Waals surface area contributed by atoms with Gasteiger partial charge in [0.2, 0.25) is 0 Å². The molecular formula is C23H32N3O+. The highest BCUT2D eigenvalue weighted by atomic mass is 16.2. The van der Waals surface area contributed by atoms with Crippen molar-refractivity contribution in [1.29, 1.82) is 0 Å². The normalized spacial score (nSPS) is 22.9. The number of anilines is 1. The van der Waals surface area contributed by atoms with Crippen molar-refractivity contribution in [3.05, 3.63) is 59.4 Å². The number of pyridine rings is 1. The maximum absolute atomic E-state index is 13.1.